The Hall–Kier alpha value is -1.69. The van der Waals surface area contributed by atoms with Crippen molar-refractivity contribution in [3.8, 4) is 0 Å². The number of anilines is 1. The number of nitrogens with zero attached hydrogens (tertiary/aromatic N) is 4. The van der Waals surface area contributed by atoms with Crippen LogP contribution in [0.4, 0.5) is 5.13 Å². The molecule has 3 aliphatic heterocycles. The molecule has 6 rings (SSSR count). The van der Waals surface area contributed by atoms with Gasteiger partial charge >= 0.3 is 0 Å². The number of halogens is 1. The van der Waals surface area contributed by atoms with Crippen molar-refractivity contribution >= 4 is 38.3 Å². The molecule has 4 nitrogen and oxygen atoms in total. The van der Waals surface area contributed by atoms with E-state index in [2.05, 4.69) is 39.9 Å². The number of aromatic nitrogens is 2. The highest BCUT2D eigenvalue weighted by atomic mass is 35.5. The number of rotatable bonds is 3. The van der Waals surface area contributed by atoms with Crippen LogP contribution < -0.4 is 4.90 Å². The first-order valence-electron chi connectivity index (χ1n) is 8.64. The Bertz CT molecular complexity index is 914. The summed E-state index contributed by atoms with van der Waals surface area (Å²) in [6, 6.07) is 9.45. The van der Waals surface area contributed by atoms with E-state index in [0.717, 1.165) is 40.9 Å². The van der Waals surface area contributed by atoms with Crippen LogP contribution in [-0.4, -0.2) is 40.0 Å². The number of aryl methyl sites for hydroxylation is 1. The minimum atomic E-state index is 0.580. The molecule has 0 saturated carbocycles. The molecule has 2 atom stereocenters. The van der Waals surface area contributed by atoms with Crippen molar-refractivity contribution < 1.29 is 0 Å². The van der Waals surface area contributed by atoms with Gasteiger partial charge in [-0.25, -0.2) is 4.98 Å². The highest BCUT2D eigenvalue weighted by Crippen LogP contribution is 2.42. The van der Waals surface area contributed by atoms with Crippen LogP contribution in [-0.2, 0) is 6.54 Å². The number of piperazine rings is 1. The van der Waals surface area contributed by atoms with E-state index in [4.69, 9.17) is 16.6 Å². The van der Waals surface area contributed by atoms with Gasteiger partial charge in [-0.05, 0) is 48.7 Å². The minimum Gasteiger partial charge on any atom is -0.339 e. The van der Waals surface area contributed by atoms with Crippen LogP contribution in [0.25, 0.3) is 10.2 Å². The smallest absolute Gasteiger partial charge is 0.187 e. The monoisotopic (exact) mass is 370 g/mol. The highest BCUT2D eigenvalue weighted by Gasteiger charge is 2.45. The molecule has 128 valence electrons. The van der Waals surface area contributed by atoms with Crippen molar-refractivity contribution in [2.45, 2.75) is 32.0 Å². The molecular weight excluding hydrogens is 352 g/mol. The number of hydrogen-bond donors (Lipinski definition) is 0. The van der Waals surface area contributed by atoms with Gasteiger partial charge in [0.15, 0.2) is 5.13 Å². The molecule has 3 fully saturated rings. The van der Waals surface area contributed by atoms with Gasteiger partial charge in [0.05, 0.1) is 10.2 Å². The first-order chi connectivity index (χ1) is 12.2. The lowest BCUT2D eigenvalue weighted by molar-refractivity contribution is 0.108. The predicted octanol–water partition coefficient (Wildman–Crippen LogP) is 4.12. The average molecular weight is 371 g/mol. The summed E-state index contributed by atoms with van der Waals surface area (Å²) in [7, 11) is 0. The third kappa shape index (κ3) is 2.62. The molecule has 3 saturated heterocycles. The van der Waals surface area contributed by atoms with Gasteiger partial charge < -0.3 is 4.90 Å². The van der Waals surface area contributed by atoms with E-state index < -0.39 is 0 Å². The fourth-order valence-corrected chi connectivity index (χ4v) is 5.41. The third-order valence-corrected chi connectivity index (χ3v) is 6.83. The van der Waals surface area contributed by atoms with Crippen molar-refractivity contribution in [3.05, 3.63) is 52.8 Å². The van der Waals surface area contributed by atoms with E-state index >= 15 is 0 Å². The summed E-state index contributed by atoms with van der Waals surface area (Å²) in [6.07, 6.45) is 5.03. The van der Waals surface area contributed by atoms with Crippen LogP contribution in [0.3, 0.4) is 0 Å². The van der Waals surface area contributed by atoms with Crippen molar-refractivity contribution in [2.75, 3.05) is 18.0 Å². The highest BCUT2D eigenvalue weighted by molar-refractivity contribution is 7.22. The zero-order valence-corrected chi connectivity index (χ0v) is 15.6. The molecule has 2 bridgehead atoms. The molecule has 1 aromatic carbocycles. The summed E-state index contributed by atoms with van der Waals surface area (Å²) < 4.78 is 1.23. The van der Waals surface area contributed by atoms with E-state index in [1.165, 1.54) is 16.7 Å². The summed E-state index contributed by atoms with van der Waals surface area (Å²) in [5.41, 5.74) is 3.49. The van der Waals surface area contributed by atoms with Gasteiger partial charge in [-0.1, -0.05) is 22.9 Å². The lowest BCUT2D eigenvalue weighted by Gasteiger charge is -2.56. The second kappa shape index (κ2) is 5.94. The Labute approximate surface area is 156 Å². The van der Waals surface area contributed by atoms with Gasteiger partial charge in [0, 0.05) is 49.1 Å². The summed E-state index contributed by atoms with van der Waals surface area (Å²) in [5, 5.41) is 1.96. The second-order valence-electron chi connectivity index (χ2n) is 7.02. The van der Waals surface area contributed by atoms with E-state index in [-0.39, 0.29) is 0 Å². The second-order valence-corrected chi connectivity index (χ2v) is 8.43. The molecule has 6 heteroatoms. The normalized spacial score (nSPS) is 23.0. The molecule has 0 spiro atoms. The maximum absolute atomic E-state index is 6.26. The Balaban J connectivity index is 1.35. The lowest BCUT2D eigenvalue weighted by atomic mass is 9.88. The molecule has 2 unspecified atom stereocenters. The maximum Gasteiger partial charge on any atom is 0.187 e. The van der Waals surface area contributed by atoms with E-state index in [0.29, 0.717) is 12.1 Å². The van der Waals surface area contributed by atoms with Crippen LogP contribution >= 0.6 is 22.9 Å². The number of thiazole rings is 1. The zero-order chi connectivity index (χ0) is 17.0. The van der Waals surface area contributed by atoms with Crippen molar-refractivity contribution in [1.29, 1.82) is 0 Å². The molecule has 5 heterocycles. The third-order valence-electron chi connectivity index (χ3n) is 5.38. The zero-order valence-electron chi connectivity index (χ0n) is 14.0. The van der Waals surface area contributed by atoms with Gasteiger partial charge in [0.25, 0.3) is 0 Å². The topological polar surface area (TPSA) is 32.3 Å². The Morgan fingerprint density at radius 3 is 2.68 bits per heavy atom. The van der Waals surface area contributed by atoms with Gasteiger partial charge in [-0.2, -0.15) is 0 Å². The summed E-state index contributed by atoms with van der Waals surface area (Å²) in [5.74, 6) is 0. The summed E-state index contributed by atoms with van der Waals surface area (Å²) >= 11 is 8.05. The number of pyridine rings is 1. The molecule has 3 aliphatic rings. The molecule has 0 radical (unpaired) electrons. The SMILES string of the molecule is Cc1c(Cl)ccc2sc(N3C4CC3CN(Cc3ccncc3)C4)nc12. The van der Waals surface area contributed by atoms with Gasteiger partial charge in [0.1, 0.15) is 0 Å². The van der Waals surface area contributed by atoms with Gasteiger partial charge in [0.2, 0.25) is 0 Å². The molecule has 0 N–H and O–H groups in total. The Kier molecular flexibility index (Phi) is 3.69. The maximum atomic E-state index is 6.26. The molecule has 3 aromatic rings. The first kappa shape index (κ1) is 15.6. The lowest BCUT2D eigenvalue weighted by Crippen LogP contribution is -2.68. The van der Waals surface area contributed by atoms with Crippen LogP contribution in [0.5, 0.6) is 0 Å². The molecule has 25 heavy (non-hydrogen) atoms. The van der Waals surface area contributed by atoms with Crippen LogP contribution in [0.1, 0.15) is 17.5 Å². The summed E-state index contributed by atoms with van der Waals surface area (Å²) in [4.78, 5) is 14.1. The van der Waals surface area contributed by atoms with Crippen LogP contribution in [0.15, 0.2) is 36.7 Å². The van der Waals surface area contributed by atoms with Crippen LogP contribution in [0.2, 0.25) is 5.02 Å². The number of benzene rings is 1. The van der Waals surface area contributed by atoms with Gasteiger partial charge in [-0.15, -0.1) is 0 Å². The van der Waals surface area contributed by atoms with E-state index in [1.54, 1.807) is 11.3 Å². The van der Waals surface area contributed by atoms with E-state index in [9.17, 15) is 0 Å². The fraction of sp³-hybridized carbons (Fsp3) is 0.368. The Morgan fingerprint density at radius 1 is 1.16 bits per heavy atom. The molecular formula is C19H19ClN4S. The van der Waals surface area contributed by atoms with Crippen molar-refractivity contribution in [1.82, 2.24) is 14.9 Å². The first-order valence-corrected chi connectivity index (χ1v) is 9.84. The van der Waals surface area contributed by atoms with Crippen LogP contribution in [0, 0.1) is 6.92 Å². The summed E-state index contributed by atoms with van der Waals surface area (Å²) in [6.45, 7) is 5.28. The fourth-order valence-electron chi connectivity index (χ4n) is 4.08. The average Bonchev–Trinajstić information content (AvgIpc) is 3.03. The van der Waals surface area contributed by atoms with E-state index in [1.807, 2.05) is 18.5 Å². The van der Waals surface area contributed by atoms with Crippen molar-refractivity contribution in [3.63, 3.8) is 0 Å². The number of fused-ring (bicyclic) bond motifs is 3. The number of hydrogen-bond acceptors (Lipinski definition) is 5. The quantitative estimate of drug-likeness (QED) is 0.694. The molecule has 2 aromatic heterocycles. The van der Waals surface area contributed by atoms with Crippen molar-refractivity contribution in [2.24, 2.45) is 0 Å². The largest absolute Gasteiger partial charge is 0.339 e. The minimum absolute atomic E-state index is 0.580. The molecule has 0 aliphatic carbocycles. The van der Waals surface area contributed by atoms with Gasteiger partial charge in [-0.3, -0.25) is 9.88 Å². The Morgan fingerprint density at radius 2 is 1.92 bits per heavy atom. The predicted molar refractivity (Wildman–Crippen MR) is 104 cm³/mol. The standard InChI is InChI=1S/C19H19ClN4S/c1-12-16(20)2-3-17-18(12)22-19(25-17)24-14-8-15(24)11-23(10-14)9-13-4-6-21-7-5-13/h2-7,14-15H,8-11H2,1H3. The number of piperidine rings is 1. The molecule has 0 amide bonds.